The lowest BCUT2D eigenvalue weighted by molar-refractivity contribution is -0.152. The first-order valence-corrected chi connectivity index (χ1v) is 9.07. The second-order valence-electron chi connectivity index (χ2n) is 7.44. The molecule has 0 saturated carbocycles. The van der Waals surface area contributed by atoms with Crippen LogP contribution in [0.3, 0.4) is 0 Å². The van der Waals surface area contributed by atoms with Crippen LogP contribution < -0.4 is 5.32 Å². The van der Waals surface area contributed by atoms with Gasteiger partial charge in [0.25, 0.3) is 0 Å². The quantitative estimate of drug-likeness (QED) is 0.844. The fourth-order valence-corrected chi connectivity index (χ4v) is 5.12. The number of nitrogens with zero attached hydrogens (tertiary/aromatic N) is 1. The van der Waals surface area contributed by atoms with Gasteiger partial charge in [-0.1, -0.05) is 0 Å². The van der Waals surface area contributed by atoms with Gasteiger partial charge in [-0.25, -0.2) is 0 Å². The zero-order chi connectivity index (χ0) is 14.1. The van der Waals surface area contributed by atoms with E-state index >= 15 is 0 Å². The number of hydrogen-bond donors (Lipinski definition) is 1. The molecule has 4 fully saturated rings. The van der Waals surface area contributed by atoms with Gasteiger partial charge in [0.1, 0.15) is 0 Å². The molecule has 3 atom stereocenters. The maximum absolute atomic E-state index is 6.23. The lowest BCUT2D eigenvalue weighted by atomic mass is 9.83. The van der Waals surface area contributed by atoms with Crippen molar-refractivity contribution in [2.24, 2.45) is 0 Å². The van der Waals surface area contributed by atoms with Crippen molar-refractivity contribution in [3.05, 3.63) is 0 Å². The molecule has 1 N–H and O–H groups in total. The topological polar surface area (TPSA) is 33.7 Å². The van der Waals surface area contributed by atoms with Crippen molar-refractivity contribution in [2.45, 2.75) is 75.1 Å². The van der Waals surface area contributed by atoms with Gasteiger partial charge in [-0.05, 0) is 64.5 Å². The van der Waals surface area contributed by atoms with Crippen LogP contribution in [0.25, 0.3) is 0 Å². The minimum absolute atomic E-state index is 0.136. The molecule has 4 heteroatoms. The maximum Gasteiger partial charge on any atom is 0.0741 e. The molecule has 0 aromatic carbocycles. The van der Waals surface area contributed by atoms with E-state index in [-0.39, 0.29) is 5.60 Å². The summed E-state index contributed by atoms with van der Waals surface area (Å²) in [4.78, 5) is 2.85. The molecule has 4 aliphatic heterocycles. The first-order chi connectivity index (χ1) is 10.4. The Morgan fingerprint density at radius 1 is 1.00 bits per heavy atom. The first kappa shape index (κ1) is 14.4. The highest BCUT2D eigenvalue weighted by Crippen LogP contribution is 2.39. The van der Waals surface area contributed by atoms with Gasteiger partial charge in [0.2, 0.25) is 0 Å². The van der Waals surface area contributed by atoms with E-state index in [9.17, 15) is 0 Å². The van der Waals surface area contributed by atoms with E-state index in [0.29, 0.717) is 0 Å². The number of likely N-dealkylation sites (tertiary alicyclic amines) is 1. The van der Waals surface area contributed by atoms with Crippen molar-refractivity contribution in [3.8, 4) is 0 Å². The van der Waals surface area contributed by atoms with Gasteiger partial charge in [-0.3, -0.25) is 4.90 Å². The molecule has 0 radical (unpaired) electrons. The third-order valence-electron chi connectivity index (χ3n) is 6.25. The highest BCUT2D eigenvalue weighted by Gasteiger charge is 2.44. The Labute approximate surface area is 128 Å². The Kier molecular flexibility index (Phi) is 4.23. The standard InChI is InChI=1S/C17H30N2O2/c1-3-15(18-8-1)16-4-2-9-19(16)14-5-10-21-17(13-14)6-11-20-12-7-17/h14-16,18H,1-13H2. The van der Waals surface area contributed by atoms with Crippen LogP contribution in [0.1, 0.15) is 51.4 Å². The Balaban J connectivity index is 1.44. The van der Waals surface area contributed by atoms with Crippen LogP contribution >= 0.6 is 0 Å². The highest BCUT2D eigenvalue weighted by atomic mass is 16.5. The van der Waals surface area contributed by atoms with Gasteiger partial charge in [-0.15, -0.1) is 0 Å². The Morgan fingerprint density at radius 2 is 1.90 bits per heavy atom. The lowest BCUT2D eigenvalue weighted by Crippen LogP contribution is -2.55. The lowest BCUT2D eigenvalue weighted by Gasteiger charge is -2.47. The van der Waals surface area contributed by atoms with Crippen LogP contribution in [-0.2, 0) is 9.47 Å². The van der Waals surface area contributed by atoms with Crippen LogP contribution in [0.4, 0.5) is 0 Å². The number of hydrogen-bond acceptors (Lipinski definition) is 4. The maximum atomic E-state index is 6.23. The molecule has 0 aromatic heterocycles. The zero-order valence-electron chi connectivity index (χ0n) is 13.2. The van der Waals surface area contributed by atoms with Gasteiger partial charge in [-0.2, -0.15) is 0 Å². The number of nitrogens with one attached hydrogen (secondary N) is 1. The summed E-state index contributed by atoms with van der Waals surface area (Å²) in [7, 11) is 0. The SMILES string of the molecule is C1CNC(C2CCCN2C2CCOC3(CCOCC3)C2)C1. The van der Waals surface area contributed by atoms with Crippen molar-refractivity contribution in [1.29, 1.82) is 0 Å². The molecule has 4 nitrogen and oxygen atoms in total. The largest absolute Gasteiger partial charge is 0.381 e. The fraction of sp³-hybridized carbons (Fsp3) is 1.00. The molecule has 3 unspecified atom stereocenters. The van der Waals surface area contributed by atoms with Gasteiger partial charge in [0.05, 0.1) is 5.60 Å². The Bertz CT molecular complexity index is 345. The highest BCUT2D eigenvalue weighted by molar-refractivity contribution is 4.99. The summed E-state index contributed by atoms with van der Waals surface area (Å²) in [5.41, 5.74) is 0.136. The van der Waals surface area contributed by atoms with Crippen LogP contribution in [0.5, 0.6) is 0 Å². The molecule has 4 saturated heterocycles. The van der Waals surface area contributed by atoms with E-state index in [4.69, 9.17) is 9.47 Å². The van der Waals surface area contributed by atoms with Crippen molar-refractivity contribution in [3.63, 3.8) is 0 Å². The summed E-state index contributed by atoms with van der Waals surface area (Å²) >= 11 is 0. The molecule has 4 rings (SSSR count). The molecule has 4 heterocycles. The summed E-state index contributed by atoms with van der Waals surface area (Å²) in [6.07, 6.45) is 10.2. The van der Waals surface area contributed by atoms with Crippen LogP contribution in [-0.4, -0.2) is 61.5 Å². The fourth-order valence-electron chi connectivity index (χ4n) is 5.12. The van der Waals surface area contributed by atoms with E-state index in [1.165, 1.54) is 51.6 Å². The van der Waals surface area contributed by atoms with E-state index in [1.807, 2.05) is 0 Å². The van der Waals surface area contributed by atoms with Crippen LogP contribution in [0.15, 0.2) is 0 Å². The Morgan fingerprint density at radius 3 is 2.71 bits per heavy atom. The van der Waals surface area contributed by atoms with E-state index in [0.717, 1.165) is 50.8 Å². The average Bonchev–Trinajstić information content (AvgIpc) is 3.19. The summed E-state index contributed by atoms with van der Waals surface area (Å²) < 4.78 is 11.8. The predicted molar refractivity (Wildman–Crippen MR) is 82.5 cm³/mol. The van der Waals surface area contributed by atoms with Gasteiger partial charge in [0.15, 0.2) is 0 Å². The summed E-state index contributed by atoms with van der Waals surface area (Å²) in [5.74, 6) is 0. The predicted octanol–water partition coefficient (Wildman–Crippen LogP) is 1.93. The molecule has 0 aromatic rings. The Hall–Kier alpha value is -0.160. The van der Waals surface area contributed by atoms with Crippen molar-refractivity contribution < 1.29 is 9.47 Å². The monoisotopic (exact) mass is 294 g/mol. The number of rotatable bonds is 2. The van der Waals surface area contributed by atoms with E-state index in [1.54, 1.807) is 0 Å². The normalized spacial score (nSPS) is 40.9. The smallest absolute Gasteiger partial charge is 0.0741 e. The van der Waals surface area contributed by atoms with Gasteiger partial charge < -0.3 is 14.8 Å². The molecule has 4 aliphatic rings. The van der Waals surface area contributed by atoms with Crippen LogP contribution in [0, 0.1) is 0 Å². The van der Waals surface area contributed by atoms with E-state index < -0.39 is 0 Å². The molecular weight excluding hydrogens is 264 g/mol. The van der Waals surface area contributed by atoms with Gasteiger partial charge in [0, 0.05) is 37.9 Å². The third kappa shape index (κ3) is 2.88. The average molecular weight is 294 g/mol. The van der Waals surface area contributed by atoms with Crippen LogP contribution in [0.2, 0.25) is 0 Å². The molecule has 0 aliphatic carbocycles. The molecule has 0 amide bonds. The second-order valence-corrected chi connectivity index (χ2v) is 7.44. The van der Waals surface area contributed by atoms with Crippen molar-refractivity contribution >= 4 is 0 Å². The first-order valence-electron chi connectivity index (χ1n) is 9.07. The van der Waals surface area contributed by atoms with Gasteiger partial charge >= 0.3 is 0 Å². The molecular formula is C17H30N2O2. The molecule has 1 spiro atoms. The number of ether oxygens (including phenoxy) is 2. The van der Waals surface area contributed by atoms with Crippen molar-refractivity contribution in [1.82, 2.24) is 10.2 Å². The molecule has 120 valence electrons. The molecule has 0 bridgehead atoms. The molecule has 21 heavy (non-hydrogen) atoms. The zero-order valence-corrected chi connectivity index (χ0v) is 13.2. The second kappa shape index (κ2) is 6.15. The van der Waals surface area contributed by atoms with Crippen molar-refractivity contribution in [2.75, 3.05) is 32.9 Å². The minimum Gasteiger partial charge on any atom is -0.381 e. The third-order valence-corrected chi connectivity index (χ3v) is 6.25. The summed E-state index contributed by atoms with van der Waals surface area (Å²) in [6, 6.07) is 2.28. The minimum atomic E-state index is 0.136. The van der Waals surface area contributed by atoms with E-state index in [2.05, 4.69) is 10.2 Å². The summed E-state index contributed by atoms with van der Waals surface area (Å²) in [6.45, 7) is 5.26. The summed E-state index contributed by atoms with van der Waals surface area (Å²) in [5, 5.41) is 3.75.